The third-order valence-electron chi connectivity index (χ3n) is 6.44. The van der Waals surface area contributed by atoms with Crippen LogP contribution in [0.3, 0.4) is 0 Å². The monoisotopic (exact) mass is 264 g/mol. The van der Waals surface area contributed by atoms with Gasteiger partial charge in [-0.15, -0.1) is 0 Å². The summed E-state index contributed by atoms with van der Waals surface area (Å²) < 4.78 is 0. The van der Waals surface area contributed by atoms with Crippen molar-refractivity contribution in [3.8, 4) is 0 Å². The number of nitrogens with one attached hydrogen (secondary N) is 1. The van der Waals surface area contributed by atoms with Gasteiger partial charge in [-0.2, -0.15) is 0 Å². The summed E-state index contributed by atoms with van der Waals surface area (Å²) >= 11 is 0. The standard InChI is InChI=1S/C17H32N2/c1-11-5-12(2)7-16(6-11)17(19-18)10-15-9-13-3-4-14(15)8-13/h11-17,19H,3-10,18H2,1-2H3. The van der Waals surface area contributed by atoms with Gasteiger partial charge in [-0.25, -0.2) is 0 Å². The minimum atomic E-state index is 0.578. The summed E-state index contributed by atoms with van der Waals surface area (Å²) in [4.78, 5) is 0. The fourth-order valence-electron chi connectivity index (χ4n) is 5.73. The van der Waals surface area contributed by atoms with Crippen LogP contribution in [-0.2, 0) is 0 Å². The Balaban J connectivity index is 1.58. The fourth-order valence-corrected chi connectivity index (χ4v) is 5.73. The Labute approximate surface area is 118 Å². The van der Waals surface area contributed by atoms with Crippen LogP contribution in [0.2, 0.25) is 0 Å². The van der Waals surface area contributed by atoms with Gasteiger partial charge < -0.3 is 0 Å². The molecule has 110 valence electrons. The van der Waals surface area contributed by atoms with Gasteiger partial charge in [0.15, 0.2) is 0 Å². The average molecular weight is 264 g/mol. The fraction of sp³-hybridized carbons (Fsp3) is 1.00. The Morgan fingerprint density at radius 2 is 1.74 bits per heavy atom. The largest absolute Gasteiger partial charge is 0.271 e. The first kappa shape index (κ1) is 13.9. The van der Waals surface area contributed by atoms with Gasteiger partial charge in [-0.05, 0) is 80.5 Å². The molecule has 0 aromatic carbocycles. The Kier molecular flexibility index (Phi) is 4.19. The van der Waals surface area contributed by atoms with Crippen molar-refractivity contribution in [3.05, 3.63) is 0 Å². The first-order valence-corrected chi connectivity index (χ1v) is 8.61. The van der Waals surface area contributed by atoms with Crippen molar-refractivity contribution < 1.29 is 0 Å². The van der Waals surface area contributed by atoms with Crippen LogP contribution in [0.15, 0.2) is 0 Å². The molecule has 19 heavy (non-hydrogen) atoms. The third kappa shape index (κ3) is 3.00. The minimum Gasteiger partial charge on any atom is -0.271 e. The lowest BCUT2D eigenvalue weighted by Gasteiger charge is -2.38. The maximum absolute atomic E-state index is 5.92. The second kappa shape index (κ2) is 5.73. The SMILES string of the molecule is CC1CC(C)CC(C(CC2CC3CCC2C3)NN)C1. The molecule has 2 heteroatoms. The molecule has 3 fully saturated rings. The summed E-state index contributed by atoms with van der Waals surface area (Å²) in [6, 6.07) is 0.578. The second-order valence-electron chi connectivity index (χ2n) is 8.12. The summed E-state index contributed by atoms with van der Waals surface area (Å²) in [5, 5.41) is 0. The van der Waals surface area contributed by atoms with E-state index < -0.39 is 0 Å². The number of fused-ring (bicyclic) bond motifs is 2. The maximum atomic E-state index is 5.92. The topological polar surface area (TPSA) is 38.0 Å². The zero-order valence-electron chi connectivity index (χ0n) is 12.8. The van der Waals surface area contributed by atoms with E-state index in [1.807, 2.05) is 0 Å². The lowest BCUT2D eigenvalue weighted by molar-refractivity contribution is 0.149. The highest BCUT2D eigenvalue weighted by atomic mass is 15.2. The summed E-state index contributed by atoms with van der Waals surface area (Å²) in [5.41, 5.74) is 3.20. The zero-order valence-corrected chi connectivity index (χ0v) is 12.8. The quantitative estimate of drug-likeness (QED) is 0.600. The lowest BCUT2D eigenvalue weighted by atomic mass is 9.71. The molecule has 0 heterocycles. The van der Waals surface area contributed by atoms with Crippen molar-refractivity contribution >= 4 is 0 Å². The van der Waals surface area contributed by atoms with E-state index in [9.17, 15) is 0 Å². The Bertz CT molecular complexity index is 294. The van der Waals surface area contributed by atoms with Crippen LogP contribution in [0, 0.1) is 35.5 Å². The van der Waals surface area contributed by atoms with Crippen molar-refractivity contribution in [3.63, 3.8) is 0 Å². The molecule has 2 nitrogen and oxygen atoms in total. The molecule has 0 saturated heterocycles. The molecule has 0 spiro atoms. The molecule has 0 aromatic heterocycles. The van der Waals surface area contributed by atoms with Gasteiger partial charge in [0.2, 0.25) is 0 Å². The molecule has 3 saturated carbocycles. The predicted octanol–water partition coefficient (Wildman–Crippen LogP) is 3.72. The number of nitrogens with two attached hydrogens (primary N) is 1. The summed E-state index contributed by atoms with van der Waals surface area (Å²) in [6.07, 6.45) is 11.6. The maximum Gasteiger partial charge on any atom is 0.0241 e. The minimum absolute atomic E-state index is 0.578. The van der Waals surface area contributed by atoms with E-state index in [-0.39, 0.29) is 0 Å². The second-order valence-corrected chi connectivity index (χ2v) is 8.12. The van der Waals surface area contributed by atoms with Crippen molar-refractivity contribution in [1.82, 2.24) is 5.43 Å². The van der Waals surface area contributed by atoms with Gasteiger partial charge in [0.25, 0.3) is 0 Å². The van der Waals surface area contributed by atoms with Gasteiger partial charge in [-0.1, -0.05) is 20.3 Å². The van der Waals surface area contributed by atoms with Gasteiger partial charge in [-0.3, -0.25) is 11.3 Å². The first-order valence-electron chi connectivity index (χ1n) is 8.61. The van der Waals surface area contributed by atoms with Crippen LogP contribution in [-0.4, -0.2) is 6.04 Å². The molecule has 3 N–H and O–H groups in total. The van der Waals surface area contributed by atoms with Crippen LogP contribution in [0.5, 0.6) is 0 Å². The number of hydrazine groups is 1. The molecule has 3 aliphatic carbocycles. The van der Waals surface area contributed by atoms with E-state index >= 15 is 0 Å². The van der Waals surface area contributed by atoms with Crippen LogP contribution in [0.4, 0.5) is 0 Å². The van der Waals surface area contributed by atoms with Crippen molar-refractivity contribution in [2.75, 3.05) is 0 Å². The van der Waals surface area contributed by atoms with Gasteiger partial charge in [0.1, 0.15) is 0 Å². The highest BCUT2D eigenvalue weighted by molar-refractivity contribution is 4.93. The Hall–Kier alpha value is -0.0800. The van der Waals surface area contributed by atoms with Crippen LogP contribution in [0.1, 0.15) is 65.2 Å². The van der Waals surface area contributed by atoms with E-state index in [0.29, 0.717) is 6.04 Å². The van der Waals surface area contributed by atoms with E-state index in [2.05, 4.69) is 19.3 Å². The van der Waals surface area contributed by atoms with Crippen LogP contribution < -0.4 is 11.3 Å². The van der Waals surface area contributed by atoms with Gasteiger partial charge in [0, 0.05) is 6.04 Å². The normalized spacial score (nSPS) is 47.5. The molecule has 3 rings (SSSR count). The molecular weight excluding hydrogens is 232 g/mol. The van der Waals surface area contributed by atoms with Crippen molar-refractivity contribution in [2.45, 2.75) is 71.3 Å². The van der Waals surface area contributed by atoms with E-state index in [4.69, 9.17) is 5.84 Å². The molecule has 2 bridgehead atoms. The zero-order chi connectivity index (χ0) is 13.4. The Morgan fingerprint density at radius 3 is 2.26 bits per heavy atom. The lowest BCUT2D eigenvalue weighted by Crippen LogP contribution is -2.45. The molecule has 0 aromatic rings. The predicted molar refractivity (Wildman–Crippen MR) is 80.3 cm³/mol. The van der Waals surface area contributed by atoms with Gasteiger partial charge in [0.05, 0.1) is 0 Å². The van der Waals surface area contributed by atoms with E-state index in [1.165, 1.54) is 51.4 Å². The van der Waals surface area contributed by atoms with Crippen LogP contribution in [0.25, 0.3) is 0 Å². The van der Waals surface area contributed by atoms with Crippen molar-refractivity contribution in [2.24, 2.45) is 41.4 Å². The highest BCUT2D eigenvalue weighted by Crippen LogP contribution is 2.50. The molecule has 0 amide bonds. The summed E-state index contributed by atoms with van der Waals surface area (Å²) in [7, 11) is 0. The third-order valence-corrected chi connectivity index (χ3v) is 6.44. The molecule has 6 unspecified atom stereocenters. The molecular formula is C17H32N2. The Morgan fingerprint density at radius 1 is 1.00 bits per heavy atom. The van der Waals surface area contributed by atoms with Gasteiger partial charge >= 0.3 is 0 Å². The van der Waals surface area contributed by atoms with Crippen LogP contribution >= 0.6 is 0 Å². The summed E-state index contributed by atoms with van der Waals surface area (Å²) in [6.45, 7) is 4.85. The molecule has 0 aliphatic heterocycles. The molecule has 3 aliphatic rings. The molecule has 0 radical (unpaired) electrons. The average Bonchev–Trinajstić information content (AvgIpc) is 2.96. The smallest absolute Gasteiger partial charge is 0.0241 e. The van der Waals surface area contributed by atoms with Crippen molar-refractivity contribution in [1.29, 1.82) is 0 Å². The van der Waals surface area contributed by atoms with E-state index in [0.717, 1.165) is 35.5 Å². The number of rotatable bonds is 4. The van der Waals surface area contributed by atoms with E-state index in [1.54, 1.807) is 0 Å². The summed E-state index contributed by atoms with van der Waals surface area (Å²) in [5.74, 6) is 11.6. The highest BCUT2D eigenvalue weighted by Gasteiger charge is 2.41. The first-order chi connectivity index (χ1) is 9.15. The number of hydrogen-bond acceptors (Lipinski definition) is 2. The molecule has 6 atom stereocenters. The number of hydrogen-bond donors (Lipinski definition) is 2.